The van der Waals surface area contributed by atoms with Gasteiger partial charge in [-0.1, -0.05) is 30.3 Å². The predicted molar refractivity (Wildman–Crippen MR) is 80.5 cm³/mol. The first-order valence-corrected chi connectivity index (χ1v) is 7.78. The number of alkyl halides is 2. The van der Waals surface area contributed by atoms with Gasteiger partial charge in [-0.25, -0.2) is 8.78 Å². The molecule has 0 bridgehead atoms. The molecule has 1 fully saturated rings. The topological polar surface area (TPSA) is 49.3 Å². The van der Waals surface area contributed by atoms with E-state index in [-0.39, 0.29) is 43.6 Å². The van der Waals surface area contributed by atoms with Crippen molar-refractivity contribution in [2.24, 2.45) is 5.92 Å². The number of benzene rings is 1. The Morgan fingerprint density at radius 3 is 2.50 bits per heavy atom. The monoisotopic (exact) mass is 311 g/mol. The van der Waals surface area contributed by atoms with Crippen molar-refractivity contribution in [3.63, 3.8) is 0 Å². The van der Waals surface area contributed by atoms with Crippen molar-refractivity contribution in [1.82, 2.24) is 5.32 Å². The normalized spacial score (nSPS) is 21.1. The number of halogens is 2. The van der Waals surface area contributed by atoms with Gasteiger partial charge in [-0.05, 0) is 31.7 Å². The maximum Gasteiger partial charge on any atom is 0.248 e. The Hall–Kier alpha value is -1.49. The van der Waals surface area contributed by atoms with Crippen LogP contribution in [0, 0.1) is 5.92 Å². The first kappa shape index (κ1) is 16.9. The van der Waals surface area contributed by atoms with Gasteiger partial charge in [0.15, 0.2) is 0 Å². The Bertz CT molecular complexity index is 483. The summed E-state index contributed by atoms with van der Waals surface area (Å²) in [6.45, 7) is 1.82. The van der Waals surface area contributed by atoms with Crippen LogP contribution in [0.4, 0.5) is 8.78 Å². The van der Waals surface area contributed by atoms with E-state index in [1.165, 1.54) is 0 Å². The molecular weight excluding hydrogens is 288 g/mol. The fraction of sp³-hybridized carbons (Fsp3) is 0.588. The summed E-state index contributed by atoms with van der Waals surface area (Å²) in [5, 5.41) is 13.0. The molecule has 0 heterocycles. The highest BCUT2D eigenvalue weighted by Crippen LogP contribution is 2.36. The molecular formula is C17H23F2NO2. The highest BCUT2D eigenvalue weighted by molar-refractivity contribution is 5.79. The SMILES string of the molecule is CC(CC(O)c1ccccc1)NC(=O)C1CCC(F)(F)CC1. The zero-order chi connectivity index (χ0) is 16.2. The van der Waals surface area contributed by atoms with Crippen LogP contribution in [-0.2, 0) is 4.79 Å². The molecule has 0 saturated heterocycles. The smallest absolute Gasteiger partial charge is 0.248 e. The summed E-state index contributed by atoms with van der Waals surface area (Å²) in [4.78, 5) is 12.1. The van der Waals surface area contributed by atoms with Gasteiger partial charge in [-0.15, -0.1) is 0 Å². The fourth-order valence-corrected chi connectivity index (χ4v) is 2.87. The first-order chi connectivity index (χ1) is 10.4. The Kier molecular flexibility index (Phi) is 5.51. The Morgan fingerprint density at radius 1 is 1.32 bits per heavy atom. The van der Waals surface area contributed by atoms with E-state index in [0.29, 0.717) is 6.42 Å². The molecule has 2 atom stereocenters. The molecule has 1 aliphatic carbocycles. The zero-order valence-electron chi connectivity index (χ0n) is 12.8. The first-order valence-electron chi connectivity index (χ1n) is 7.78. The third kappa shape index (κ3) is 4.77. The minimum atomic E-state index is -2.62. The number of carbonyl (C=O) groups excluding carboxylic acids is 1. The van der Waals surface area contributed by atoms with Gasteiger partial charge in [0, 0.05) is 24.8 Å². The molecule has 1 aliphatic rings. The zero-order valence-corrected chi connectivity index (χ0v) is 12.8. The van der Waals surface area contributed by atoms with Crippen LogP contribution in [0.15, 0.2) is 30.3 Å². The van der Waals surface area contributed by atoms with Crippen LogP contribution in [0.3, 0.4) is 0 Å². The van der Waals surface area contributed by atoms with Crippen molar-refractivity contribution in [3.05, 3.63) is 35.9 Å². The molecule has 0 aromatic heterocycles. The van der Waals surface area contributed by atoms with Crippen LogP contribution in [0.5, 0.6) is 0 Å². The fourth-order valence-electron chi connectivity index (χ4n) is 2.87. The molecule has 2 N–H and O–H groups in total. The van der Waals surface area contributed by atoms with Crippen LogP contribution < -0.4 is 5.32 Å². The lowest BCUT2D eigenvalue weighted by atomic mass is 9.86. The summed E-state index contributed by atoms with van der Waals surface area (Å²) < 4.78 is 26.2. The maximum atomic E-state index is 13.1. The number of aliphatic hydroxyl groups excluding tert-OH is 1. The van der Waals surface area contributed by atoms with E-state index in [0.717, 1.165) is 5.56 Å². The number of rotatable bonds is 5. The molecule has 0 aliphatic heterocycles. The molecule has 122 valence electrons. The van der Waals surface area contributed by atoms with Gasteiger partial charge in [-0.2, -0.15) is 0 Å². The summed E-state index contributed by atoms with van der Waals surface area (Å²) in [6.07, 6.45) is -0.219. The minimum Gasteiger partial charge on any atom is -0.388 e. The van der Waals surface area contributed by atoms with Crippen LogP contribution >= 0.6 is 0 Å². The number of hydrogen-bond acceptors (Lipinski definition) is 2. The molecule has 0 spiro atoms. The second-order valence-electron chi connectivity index (χ2n) is 6.20. The number of aliphatic hydroxyl groups is 1. The van der Waals surface area contributed by atoms with Gasteiger partial charge in [0.05, 0.1) is 6.10 Å². The standard InChI is InChI=1S/C17H23F2NO2/c1-12(11-15(21)13-5-3-2-4-6-13)20-16(22)14-7-9-17(18,19)10-8-14/h2-6,12,14-15,21H,7-11H2,1H3,(H,20,22). The number of nitrogens with one attached hydrogen (secondary N) is 1. The van der Waals surface area contributed by atoms with Crippen LogP contribution in [0.1, 0.15) is 50.7 Å². The van der Waals surface area contributed by atoms with Crippen LogP contribution in [-0.4, -0.2) is 23.0 Å². The Morgan fingerprint density at radius 2 is 1.91 bits per heavy atom. The molecule has 1 aromatic carbocycles. The van der Waals surface area contributed by atoms with Crippen LogP contribution in [0.25, 0.3) is 0 Å². The van der Waals surface area contributed by atoms with Crippen molar-refractivity contribution in [2.45, 2.75) is 57.1 Å². The predicted octanol–water partition coefficient (Wildman–Crippen LogP) is 3.44. The average Bonchev–Trinajstić information content (AvgIpc) is 2.47. The molecule has 1 saturated carbocycles. The quantitative estimate of drug-likeness (QED) is 0.875. The number of amides is 1. The lowest BCUT2D eigenvalue weighted by Crippen LogP contribution is -2.40. The van der Waals surface area contributed by atoms with Gasteiger partial charge in [0.25, 0.3) is 0 Å². The Balaban J connectivity index is 1.79. The summed E-state index contributed by atoms with van der Waals surface area (Å²) in [7, 11) is 0. The van der Waals surface area contributed by atoms with E-state index in [1.54, 1.807) is 0 Å². The molecule has 22 heavy (non-hydrogen) atoms. The van der Waals surface area contributed by atoms with Crippen LogP contribution in [0.2, 0.25) is 0 Å². The molecule has 2 rings (SSSR count). The van der Waals surface area contributed by atoms with Crippen molar-refractivity contribution in [3.8, 4) is 0 Å². The van der Waals surface area contributed by atoms with Crippen molar-refractivity contribution < 1.29 is 18.7 Å². The number of hydrogen-bond donors (Lipinski definition) is 2. The van der Waals surface area contributed by atoms with Crippen molar-refractivity contribution in [2.75, 3.05) is 0 Å². The van der Waals surface area contributed by atoms with E-state index in [1.807, 2.05) is 37.3 Å². The second-order valence-corrected chi connectivity index (χ2v) is 6.20. The van der Waals surface area contributed by atoms with Gasteiger partial charge in [0.1, 0.15) is 0 Å². The molecule has 3 nitrogen and oxygen atoms in total. The molecule has 1 amide bonds. The maximum absolute atomic E-state index is 13.1. The van der Waals surface area contributed by atoms with E-state index in [2.05, 4.69) is 5.32 Å². The number of carbonyl (C=O) groups is 1. The van der Waals surface area contributed by atoms with E-state index < -0.39 is 12.0 Å². The van der Waals surface area contributed by atoms with Crippen molar-refractivity contribution in [1.29, 1.82) is 0 Å². The lowest BCUT2D eigenvalue weighted by molar-refractivity contribution is -0.129. The van der Waals surface area contributed by atoms with Crippen molar-refractivity contribution >= 4 is 5.91 Å². The molecule has 0 radical (unpaired) electrons. The summed E-state index contributed by atoms with van der Waals surface area (Å²) in [5.74, 6) is -3.13. The van der Waals surface area contributed by atoms with Gasteiger partial charge < -0.3 is 10.4 Å². The van der Waals surface area contributed by atoms with E-state index in [9.17, 15) is 18.7 Å². The Labute approximate surface area is 129 Å². The van der Waals surface area contributed by atoms with E-state index in [4.69, 9.17) is 0 Å². The van der Waals surface area contributed by atoms with Gasteiger partial charge >= 0.3 is 0 Å². The highest BCUT2D eigenvalue weighted by Gasteiger charge is 2.37. The molecule has 1 aromatic rings. The lowest BCUT2D eigenvalue weighted by Gasteiger charge is -2.28. The second kappa shape index (κ2) is 7.18. The highest BCUT2D eigenvalue weighted by atomic mass is 19.3. The van der Waals surface area contributed by atoms with E-state index >= 15 is 0 Å². The largest absolute Gasteiger partial charge is 0.388 e. The summed E-state index contributed by atoms with van der Waals surface area (Å²) in [6, 6.07) is 9.05. The van der Waals surface area contributed by atoms with Gasteiger partial charge in [0.2, 0.25) is 11.8 Å². The summed E-state index contributed by atoms with van der Waals surface area (Å²) in [5.41, 5.74) is 0.806. The molecule has 2 unspecified atom stereocenters. The van der Waals surface area contributed by atoms with Gasteiger partial charge in [-0.3, -0.25) is 4.79 Å². The average molecular weight is 311 g/mol. The molecule has 5 heteroatoms. The summed E-state index contributed by atoms with van der Waals surface area (Å²) >= 11 is 0. The third-order valence-electron chi connectivity index (χ3n) is 4.24. The third-order valence-corrected chi connectivity index (χ3v) is 4.24. The minimum absolute atomic E-state index is 0.178.